The molecule has 1 aromatic rings. The van der Waals surface area contributed by atoms with Gasteiger partial charge in [-0.1, -0.05) is 29.9 Å². The zero-order valence-electron chi connectivity index (χ0n) is 11.8. The summed E-state index contributed by atoms with van der Waals surface area (Å²) in [7, 11) is -3.60. The number of sulfonamides is 1. The second-order valence-corrected chi connectivity index (χ2v) is 10.0. The molecule has 21 heavy (non-hydrogen) atoms. The van der Waals surface area contributed by atoms with Crippen LogP contribution in [0.4, 0.5) is 0 Å². The second-order valence-electron chi connectivity index (χ2n) is 5.46. The number of rotatable bonds is 3. The van der Waals surface area contributed by atoms with Crippen molar-refractivity contribution < 1.29 is 8.42 Å². The highest BCUT2D eigenvalue weighted by Gasteiger charge is 2.35. The van der Waals surface area contributed by atoms with E-state index >= 15 is 0 Å². The molecule has 1 aliphatic heterocycles. The van der Waals surface area contributed by atoms with E-state index in [1.54, 1.807) is 17.8 Å². The van der Waals surface area contributed by atoms with Gasteiger partial charge in [-0.25, -0.2) is 8.42 Å². The number of thioether (sulfide) groups is 1. The van der Waals surface area contributed by atoms with E-state index in [0.717, 1.165) is 5.75 Å². The molecule has 2 N–H and O–H groups in total. The Hall–Kier alpha value is -0.340. The largest absolute Gasteiger partial charge is 0.389 e. The zero-order valence-corrected chi connectivity index (χ0v) is 15.0. The Morgan fingerprint density at radius 1 is 1.48 bits per heavy atom. The fourth-order valence-electron chi connectivity index (χ4n) is 2.18. The second kappa shape index (κ2) is 6.04. The van der Waals surface area contributed by atoms with Gasteiger partial charge in [-0.2, -0.15) is 16.1 Å². The number of halogens is 1. The van der Waals surface area contributed by atoms with Crippen molar-refractivity contribution in [3.05, 3.63) is 28.8 Å². The summed E-state index contributed by atoms with van der Waals surface area (Å²) in [6.45, 7) is 5.03. The van der Waals surface area contributed by atoms with E-state index in [4.69, 9.17) is 29.6 Å². The lowest BCUT2D eigenvalue weighted by Crippen LogP contribution is -2.46. The molecule has 0 saturated carbocycles. The van der Waals surface area contributed by atoms with Gasteiger partial charge in [0, 0.05) is 29.2 Å². The molecule has 0 unspecified atom stereocenters. The first kappa shape index (κ1) is 17.0. The van der Waals surface area contributed by atoms with Crippen molar-refractivity contribution in [3.63, 3.8) is 0 Å². The van der Waals surface area contributed by atoms with Gasteiger partial charge in [0.05, 0.1) is 5.02 Å². The molecule has 1 aliphatic rings. The molecule has 1 saturated heterocycles. The van der Waals surface area contributed by atoms with Crippen LogP contribution in [0.5, 0.6) is 0 Å². The maximum atomic E-state index is 12.7. The average Bonchev–Trinajstić information content (AvgIpc) is 2.36. The first-order valence-electron chi connectivity index (χ1n) is 6.37. The first-order chi connectivity index (χ1) is 9.63. The summed E-state index contributed by atoms with van der Waals surface area (Å²) in [5.41, 5.74) is 6.09. The monoisotopic (exact) mass is 364 g/mol. The highest BCUT2D eigenvalue weighted by atomic mass is 35.5. The minimum Gasteiger partial charge on any atom is -0.389 e. The first-order valence-corrected chi connectivity index (χ1v) is 9.58. The van der Waals surface area contributed by atoms with E-state index < -0.39 is 10.0 Å². The van der Waals surface area contributed by atoms with Crippen molar-refractivity contribution in [2.45, 2.75) is 23.5 Å². The summed E-state index contributed by atoms with van der Waals surface area (Å²) in [4.78, 5) is 0.295. The molecular weight excluding hydrogens is 348 g/mol. The zero-order chi connectivity index (χ0) is 15.8. The molecule has 1 heterocycles. The van der Waals surface area contributed by atoms with Crippen molar-refractivity contribution in [1.82, 2.24) is 4.31 Å². The van der Waals surface area contributed by atoms with Crippen LogP contribution >= 0.6 is 35.6 Å². The predicted octanol–water partition coefficient (Wildman–Crippen LogP) is 2.49. The van der Waals surface area contributed by atoms with Gasteiger partial charge in [0.15, 0.2) is 0 Å². The van der Waals surface area contributed by atoms with E-state index in [1.807, 2.05) is 13.8 Å². The lowest BCUT2D eigenvalue weighted by atomic mass is 10.2. The molecule has 8 heteroatoms. The Morgan fingerprint density at radius 3 is 2.67 bits per heavy atom. The van der Waals surface area contributed by atoms with Gasteiger partial charge < -0.3 is 5.73 Å². The quantitative estimate of drug-likeness (QED) is 0.835. The van der Waals surface area contributed by atoms with E-state index in [0.29, 0.717) is 18.7 Å². The van der Waals surface area contributed by atoms with Crippen LogP contribution in [0.1, 0.15) is 19.4 Å². The summed E-state index contributed by atoms with van der Waals surface area (Å²) in [6, 6.07) is 4.56. The topological polar surface area (TPSA) is 63.4 Å². The normalized spacial score (nSPS) is 19.4. The minimum atomic E-state index is -3.60. The van der Waals surface area contributed by atoms with Crippen LogP contribution in [0.2, 0.25) is 5.02 Å². The third-order valence-corrected chi connectivity index (χ3v) is 7.09. The number of hydrogen-bond acceptors (Lipinski definition) is 4. The van der Waals surface area contributed by atoms with Crippen LogP contribution in [0.3, 0.4) is 0 Å². The molecule has 0 atom stereocenters. The van der Waals surface area contributed by atoms with Crippen LogP contribution in [-0.4, -0.2) is 41.3 Å². The summed E-state index contributed by atoms with van der Waals surface area (Å²) in [5.74, 6) is 0.773. The van der Waals surface area contributed by atoms with Crippen molar-refractivity contribution >= 4 is 50.6 Å². The molecule has 4 nitrogen and oxygen atoms in total. The highest BCUT2D eigenvalue weighted by Crippen LogP contribution is 2.34. The fourth-order valence-corrected chi connectivity index (χ4v) is 5.74. The molecule has 0 aliphatic carbocycles. The molecular formula is C13H17ClN2O2S3. The third-order valence-electron chi connectivity index (χ3n) is 3.22. The molecule has 2 rings (SSSR count). The van der Waals surface area contributed by atoms with Crippen molar-refractivity contribution in [2.24, 2.45) is 5.73 Å². The Morgan fingerprint density at radius 2 is 2.14 bits per heavy atom. The maximum absolute atomic E-state index is 12.7. The Balaban J connectivity index is 2.38. The maximum Gasteiger partial charge on any atom is 0.244 e. The van der Waals surface area contributed by atoms with E-state index in [1.165, 1.54) is 16.4 Å². The SMILES string of the molecule is CC1(C)CN(S(=O)(=O)c2ccc(C(N)=S)cc2Cl)CCS1. The van der Waals surface area contributed by atoms with Crippen LogP contribution in [0, 0.1) is 0 Å². The smallest absolute Gasteiger partial charge is 0.244 e. The van der Waals surface area contributed by atoms with Crippen molar-refractivity contribution in [1.29, 1.82) is 0 Å². The molecule has 0 radical (unpaired) electrons. The highest BCUT2D eigenvalue weighted by molar-refractivity contribution is 8.00. The minimum absolute atomic E-state index is 0.101. The Bertz CT molecular complexity index is 674. The standard InChI is InChI=1S/C13H17ClN2O2S3/c1-13(2)8-16(5-6-20-13)21(17,18)11-4-3-9(12(15)19)7-10(11)14/h3-4,7H,5-6,8H2,1-2H3,(H2,15,19). The lowest BCUT2D eigenvalue weighted by molar-refractivity contribution is 0.387. The molecule has 0 bridgehead atoms. The van der Waals surface area contributed by atoms with Gasteiger partial charge in [0.2, 0.25) is 10.0 Å². The third kappa shape index (κ3) is 3.71. The molecule has 0 amide bonds. The molecule has 1 fully saturated rings. The summed E-state index contributed by atoms with van der Waals surface area (Å²) < 4.78 is 26.9. The van der Waals surface area contributed by atoms with Crippen LogP contribution in [-0.2, 0) is 10.0 Å². The van der Waals surface area contributed by atoms with Gasteiger partial charge in [-0.05, 0) is 26.0 Å². The van der Waals surface area contributed by atoms with E-state index in [9.17, 15) is 8.42 Å². The van der Waals surface area contributed by atoms with Crippen LogP contribution in [0.15, 0.2) is 23.1 Å². The van der Waals surface area contributed by atoms with Crippen LogP contribution < -0.4 is 5.73 Å². The van der Waals surface area contributed by atoms with Crippen LogP contribution in [0.25, 0.3) is 0 Å². The van der Waals surface area contributed by atoms with Gasteiger partial charge >= 0.3 is 0 Å². The van der Waals surface area contributed by atoms with Gasteiger partial charge in [0.1, 0.15) is 9.88 Å². The van der Waals surface area contributed by atoms with E-state index in [2.05, 4.69) is 0 Å². The number of nitrogens with zero attached hydrogens (tertiary/aromatic N) is 1. The summed E-state index contributed by atoms with van der Waals surface area (Å²) in [5, 5.41) is 0.149. The molecule has 0 aromatic heterocycles. The Labute approximate surface area is 140 Å². The lowest BCUT2D eigenvalue weighted by Gasteiger charge is -2.36. The fraction of sp³-hybridized carbons (Fsp3) is 0.462. The molecule has 116 valence electrons. The van der Waals surface area contributed by atoms with Crippen molar-refractivity contribution in [2.75, 3.05) is 18.8 Å². The average molecular weight is 365 g/mol. The number of benzene rings is 1. The Kier molecular flexibility index (Phi) is 4.90. The van der Waals surface area contributed by atoms with Gasteiger partial charge in [-0.15, -0.1) is 0 Å². The molecule has 1 aromatic carbocycles. The summed E-state index contributed by atoms with van der Waals surface area (Å²) >= 11 is 12.8. The summed E-state index contributed by atoms with van der Waals surface area (Å²) in [6.07, 6.45) is 0. The van der Waals surface area contributed by atoms with Gasteiger partial charge in [-0.3, -0.25) is 0 Å². The number of thiocarbonyl (C=S) groups is 1. The number of hydrogen-bond donors (Lipinski definition) is 1. The van der Waals surface area contributed by atoms with Crippen molar-refractivity contribution in [3.8, 4) is 0 Å². The van der Waals surface area contributed by atoms with Gasteiger partial charge in [0.25, 0.3) is 0 Å². The van der Waals surface area contributed by atoms with E-state index in [-0.39, 0.29) is 19.7 Å². The number of nitrogens with two attached hydrogens (primary N) is 1. The predicted molar refractivity (Wildman–Crippen MR) is 92.6 cm³/mol. The molecule has 0 spiro atoms.